The molecular weight excluding hydrogens is 243 g/mol. The fourth-order valence-corrected chi connectivity index (χ4v) is 2.68. The van der Waals surface area contributed by atoms with E-state index in [9.17, 15) is 4.39 Å². The molecule has 1 aliphatic heterocycles. The first kappa shape index (κ1) is 14.3. The Morgan fingerprint density at radius 1 is 1.53 bits per heavy atom. The van der Waals surface area contributed by atoms with E-state index in [0.717, 1.165) is 38.2 Å². The summed E-state index contributed by atoms with van der Waals surface area (Å²) < 4.78 is 19.6. The van der Waals surface area contributed by atoms with Crippen LogP contribution in [0.4, 0.5) is 10.1 Å². The van der Waals surface area contributed by atoms with E-state index in [1.165, 1.54) is 6.07 Å². The number of nitrogens with zero attached hydrogens (tertiary/aromatic N) is 1. The van der Waals surface area contributed by atoms with Crippen molar-refractivity contribution in [3.63, 3.8) is 0 Å². The van der Waals surface area contributed by atoms with Crippen LogP contribution in [-0.4, -0.2) is 25.8 Å². The Kier molecular flexibility index (Phi) is 4.77. The van der Waals surface area contributed by atoms with Gasteiger partial charge in [-0.1, -0.05) is 6.07 Å². The zero-order valence-corrected chi connectivity index (χ0v) is 11.7. The smallest absolute Gasteiger partial charge is 0.130 e. The lowest BCUT2D eigenvalue weighted by Gasteiger charge is -2.29. The summed E-state index contributed by atoms with van der Waals surface area (Å²) in [6.45, 7) is 6.36. The third-order valence-corrected chi connectivity index (χ3v) is 3.66. The van der Waals surface area contributed by atoms with Gasteiger partial charge in [-0.2, -0.15) is 0 Å². The van der Waals surface area contributed by atoms with Gasteiger partial charge in [-0.25, -0.2) is 4.39 Å². The molecule has 0 aliphatic carbocycles. The lowest BCUT2D eigenvalue weighted by molar-refractivity contribution is 0.115. The molecule has 3 nitrogen and oxygen atoms in total. The zero-order chi connectivity index (χ0) is 13.8. The summed E-state index contributed by atoms with van der Waals surface area (Å²) in [5, 5.41) is 0. The molecule has 1 fully saturated rings. The molecule has 0 saturated carbocycles. The molecule has 1 aromatic rings. The van der Waals surface area contributed by atoms with Crippen LogP contribution in [0.1, 0.15) is 38.3 Å². The molecule has 2 N–H and O–H groups in total. The van der Waals surface area contributed by atoms with E-state index in [2.05, 4.69) is 11.8 Å². The van der Waals surface area contributed by atoms with E-state index >= 15 is 0 Å². The third kappa shape index (κ3) is 3.25. The number of halogens is 1. The molecule has 1 unspecified atom stereocenters. The molecule has 1 aromatic carbocycles. The van der Waals surface area contributed by atoms with Gasteiger partial charge in [-0.15, -0.1) is 0 Å². The topological polar surface area (TPSA) is 38.5 Å². The Labute approximate surface area is 114 Å². The lowest BCUT2D eigenvalue weighted by Crippen LogP contribution is -2.33. The molecule has 0 radical (unpaired) electrons. The maximum Gasteiger partial charge on any atom is 0.130 e. The van der Waals surface area contributed by atoms with Crippen molar-refractivity contribution in [1.82, 2.24) is 0 Å². The van der Waals surface area contributed by atoms with E-state index in [1.54, 1.807) is 6.07 Å². The molecule has 2 atom stereocenters. The second kappa shape index (κ2) is 6.35. The van der Waals surface area contributed by atoms with Crippen molar-refractivity contribution in [2.45, 2.75) is 38.8 Å². The van der Waals surface area contributed by atoms with Gasteiger partial charge in [0.2, 0.25) is 0 Å². The normalized spacial score (nSPS) is 20.5. The van der Waals surface area contributed by atoms with E-state index in [-0.39, 0.29) is 18.0 Å². The Morgan fingerprint density at radius 3 is 2.89 bits per heavy atom. The number of nitrogens with two attached hydrogens (primary N) is 1. The summed E-state index contributed by atoms with van der Waals surface area (Å²) in [5.74, 6) is -0.224. The summed E-state index contributed by atoms with van der Waals surface area (Å²) >= 11 is 0. The summed E-state index contributed by atoms with van der Waals surface area (Å²) in [5.41, 5.74) is 7.41. The van der Waals surface area contributed by atoms with Crippen LogP contribution in [-0.2, 0) is 4.74 Å². The van der Waals surface area contributed by atoms with Gasteiger partial charge in [0.25, 0.3) is 0 Å². The Balaban J connectivity index is 2.24. The van der Waals surface area contributed by atoms with Crippen molar-refractivity contribution in [1.29, 1.82) is 0 Å². The number of benzene rings is 1. The molecular formula is C15H23FN2O. The van der Waals surface area contributed by atoms with E-state index < -0.39 is 0 Å². The minimum absolute atomic E-state index is 0.224. The zero-order valence-electron chi connectivity index (χ0n) is 11.7. The quantitative estimate of drug-likeness (QED) is 0.890. The molecule has 1 heterocycles. The number of hydrogen-bond donors (Lipinski definition) is 1. The molecule has 1 aliphatic rings. The highest BCUT2D eigenvalue weighted by Gasteiger charge is 2.22. The third-order valence-electron chi connectivity index (χ3n) is 3.66. The number of rotatable bonds is 5. The summed E-state index contributed by atoms with van der Waals surface area (Å²) in [4.78, 5) is 2.16. The molecule has 2 rings (SSSR count). The van der Waals surface area contributed by atoms with Crippen LogP contribution >= 0.6 is 0 Å². The van der Waals surface area contributed by atoms with Gasteiger partial charge in [0.1, 0.15) is 5.82 Å². The second-order valence-corrected chi connectivity index (χ2v) is 5.13. The monoisotopic (exact) mass is 266 g/mol. The maximum absolute atomic E-state index is 14.0. The number of hydrogen-bond acceptors (Lipinski definition) is 3. The standard InChI is InChI=1S/C15H23FN2O/c1-3-18(10-12-6-5-9-19-12)14-8-4-7-13(16)15(14)11(2)17/h4,7-8,11-12H,3,5-6,9-10,17H2,1-2H3/t11-,12?/m1/s1. The largest absolute Gasteiger partial charge is 0.376 e. The number of likely N-dealkylation sites (N-methyl/N-ethyl adjacent to an activating group) is 1. The molecule has 0 amide bonds. The predicted molar refractivity (Wildman–Crippen MR) is 75.9 cm³/mol. The van der Waals surface area contributed by atoms with Crippen LogP contribution in [0.5, 0.6) is 0 Å². The first-order valence-corrected chi connectivity index (χ1v) is 7.04. The van der Waals surface area contributed by atoms with Crippen molar-refractivity contribution in [3.8, 4) is 0 Å². The summed E-state index contributed by atoms with van der Waals surface area (Å²) in [7, 11) is 0. The number of anilines is 1. The van der Waals surface area contributed by atoms with Crippen molar-refractivity contribution < 1.29 is 9.13 Å². The SMILES string of the molecule is CCN(CC1CCCO1)c1cccc(F)c1[C@@H](C)N. The Morgan fingerprint density at radius 2 is 2.32 bits per heavy atom. The van der Waals surface area contributed by atoms with Crippen molar-refractivity contribution in [3.05, 3.63) is 29.6 Å². The highest BCUT2D eigenvalue weighted by Crippen LogP contribution is 2.29. The number of ether oxygens (including phenoxy) is 1. The minimum atomic E-state index is -0.310. The van der Waals surface area contributed by atoms with Crippen molar-refractivity contribution in [2.24, 2.45) is 5.73 Å². The average molecular weight is 266 g/mol. The minimum Gasteiger partial charge on any atom is -0.376 e. The lowest BCUT2D eigenvalue weighted by atomic mass is 10.0. The van der Waals surface area contributed by atoms with Crippen LogP contribution in [0.2, 0.25) is 0 Å². The van der Waals surface area contributed by atoms with Gasteiger partial charge in [-0.05, 0) is 38.8 Å². The van der Waals surface area contributed by atoms with Gasteiger partial charge in [0.05, 0.1) is 6.10 Å². The van der Waals surface area contributed by atoms with Crippen LogP contribution in [0.15, 0.2) is 18.2 Å². The van der Waals surface area contributed by atoms with Crippen molar-refractivity contribution >= 4 is 5.69 Å². The fraction of sp³-hybridized carbons (Fsp3) is 0.600. The highest BCUT2D eigenvalue weighted by atomic mass is 19.1. The molecule has 106 valence electrons. The van der Waals surface area contributed by atoms with Gasteiger partial charge in [-0.3, -0.25) is 0 Å². The van der Waals surface area contributed by atoms with Crippen LogP contribution in [0.3, 0.4) is 0 Å². The van der Waals surface area contributed by atoms with Gasteiger partial charge >= 0.3 is 0 Å². The molecule has 0 spiro atoms. The van der Waals surface area contributed by atoms with Gasteiger partial charge in [0.15, 0.2) is 0 Å². The van der Waals surface area contributed by atoms with E-state index in [0.29, 0.717) is 5.56 Å². The van der Waals surface area contributed by atoms with E-state index in [4.69, 9.17) is 10.5 Å². The van der Waals surface area contributed by atoms with E-state index in [1.807, 2.05) is 13.0 Å². The first-order valence-electron chi connectivity index (χ1n) is 7.04. The average Bonchev–Trinajstić information content (AvgIpc) is 2.88. The van der Waals surface area contributed by atoms with Crippen LogP contribution < -0.4 is 10.6 Å². The molecule has 1 saturated heterocycles. The molecule has 0 aromatic heterocycles. The van der Waals surface area contributed by atoms with Gasteiger partial charge < -0.3 is 15.4 Å². The molecule has 0 bridgehead atoms. The Hall–Kier alpha value is -1.13. The van der Waals surface area contributed by atoms with Gasteiger partial charge in [0, 0.05) is 37.0 Å². The fourth-order valence-electron chi connectivity index (χ4n) is 2.68. The Bertz CT molecular complexity index is 417. The van der Waals surface area contributed by atoms with Crippen molar-refractivity contribution in [2.75, 3.05) is 24.6 Å². The van der Waals surface area contributed by atoms with Crippen LogP contribution in [0, 0.1) is 5.82 Å². The second-order valence-electron chi connectivity index (χ2n) is 5.13. The van der Waals surface area contributed by atoms with Crippen LogP contribution in [0.25, 0.3) is 0 Å². The molecule has 4 heteroatoms. The first-order chi connectivity index (χ1) is 9.13. The molecule has 19 heavy (non-hydrogen) atoms. The highest BCUT2D eigenvalue weighted by molar-refractivity contribution is 5.55. The summed E-state index contributed by atoms with van der Waals surface area (Å²) in [6.07, 6.45) is 2.45. The predicted octanol–water partition coefficient (Wildman–Crippen LogP) is 2.85. The maximum atomic E-state index is 14.0. The summed E-state index contributed by atoms with van der Waals surface area (Å²) in [6, 6.07) is 4.85.